The zero-order valence-corrected chi connectivity index (χ0v) is 14.9. The van der Waals surface area contributed by atoms with Gasteiger partial charge in [-0.05, 0) is 18.9 Å². The van der Waals surface area contributed by atoms with Crippen LogP contribution in [0.15, 0.2) is 29.6 Å². The van der Waals surface area contributed by atoms with Crippen LogP contribution in [0.5, 0.6) is 0 Å². The second kappa shape index (κ2) is 7.51. The van der Waals surface area contributed by atoms with Crippen LogP contribution < -0.4 is 5.32 Å². The molecule has 1 aromatic heterocycles. The topological polar surface area (TPSA) is 88.5 Å². The molecule has 25 heavy (non-hydrogen) atoms. The minimum Gasteiger partial charge on any atom is -0.481 e. The lowest BCUT2D eigenvalue weighted by Crippen LogP contribution is -2.46. The summed E-state index contributed by atoms with van der Waals surface area (Å²) in [6.07, 6.45) is 0.759. The smallest absolute Gasteiger partial charge is 0.311 e. The fourth-order valence-electron chi connectivity index (χ4n) is 2.70. The highest BCUT2D eigenvalue weighted by Crippen LogP contribution is 2.31. The van der Waals surface area contributed by atoms with Crippen molar-refractivity contribution in [1.82, 2.24) is 10.3 Å². The molecule has 0 aliphatic carbocycles. The maximum absolute atomic E-state index is 12.4. The van der Waals surface area contributed by atoms with Crippen molar-refractivity contribution in [2.24, 2.45) is 5.41 Å². The lowest BCUT2D eigenvalue weighted by molar-refractivity contribution is -0.154. The number of halogens is 1. The van der Waals surface area contributed by atoms with Gasteiger partial charge in [-0.2, -0.15) is 0 Å². The average Bonchev–Trinajstić information content (AvgIpc) is 3.10. The Balaban J connectivity index is 1.70. The van der Waals surface area contributed by atoms with Crippen molar-refractivity contribution in [3.05, 3.63) is 40.4 Å². The van der Waals surface area contributed by atoms with Crippen LogP contribution in [0.2, 0.25) is 5.02 Å². The fraction of sp³-hybridized carbons (Fsp3) is 0.353. The standard InChI is InChI=1S/C17H17ClN2O4S/c18-12-4-2-1-3-11(12)15-20-13(9-25-15)14(21)19-10-17(16(22)23)5-7-24-8-6-17/h1-4,9H,5-8,10H2,(H,19,21)(H,22,23). The number of rotatable bonds is 5. The zero-order chi connectivity index (χ0) is 17.9. The van der Waals surface area contributed by atoms with Crippen LogP contribution in [-0.2, 0) is 9.53 Å². The molecular formula is C17H17ClN2O4S. The van der Waals surface area contributed by atoms with E-state index in [1.807, 2.05) is 18.2 Å². The number of carboxylic acids is 1. The highest BCUT2D eigenvalue weighted by atomic mass is 35.5. The summed E-state index contributed by atoms with van der Waals surface area (Å²) in [6, 6.07) is 7.28. The molecule has 1 saturated heterocycles. The van der Waals surface area contributed by atoms with E-state index >= 15 is 0 Å². The Labute approximate surface area is 153 Å². The third-order valence-electron chi connectivity index (χ3n) is 4.33. The van der Waals surface area contributed by atoms with E-state index in [4.69, 9.17) is 16.3 Å². The predicted molar refractivity (Wildman–Crippen MR) is 95.0 cm³/mol. The Morgan fingerprint density at radius 3 is 2.72 bits per heavy atom. The molecule has 132 valence electrons. The molecule has 2 aromatic rings. The molecule has 1 aliphatic rings. The largest absolute Gasteiger partial charge is 0.481 e. The summed E-state index contributed by atoms with van der Waals surface area (Å²) in [4.78, 5) is 28.3. The number of thiazole rings is 1. The molecule has 1 amide bonds. The Bertz CT molecular complexity index is 786. The minimum atomic E-state index is -0.977. The van der Waals surface area contributed by atoms with Crippen LogP contribution in [-0.4, -0.2) is 41.7 Å². The molecule has 0 saturated carbocycles. The highest BCUT2D eigenvalue weighted by Gasteiger charge is 2.40. The number of hydrogen-bond donors (Lipinski definition) is 2. The molecule has 1 aliphatic heterocycles. The Morgan fingerprint density at radius 2 is 2.04 bits per heavy atom. The Morgan fingerprint density at radius 1 is 1.32 bits per heavy atom. The van der Waals surface area contributed by atoms with Gasteiger partial charge in [-0.1, -0.05) is 29.8 Å². The molecule has 1 fully saturated rings. The number of amides is 1. The molecule has 0 radical (unpaired) electrons. The van der Waals surface area contributed by atoms with E-state index in [1.54, 1.807) is 11.4 Å². The van der Waals surface area contributed by atoms with Crippen LogP contribution in [0.4, 0.5) is 0 Å². The second-order valence-electron chi connectivity index (χ2n) is 5.90. The number of hydrogen-bond acceptors (Lipinski definition) is 5. The third kappa shape index (κ3) is 3.84. The highest BCUT2D eigenvalue weighted by molar-refractivity contribution is 7.13. The summed E-state index contributed by atoms with van der Waals surface area (Å²) in [7, 11) is 0. The van der Waals surface area contributed by atoms with Crippen molar-refractivity contribution in [2.75, 3.05) is 19.8 Å². The number of carbonyl (C=O) groups excluding carboxylic acids is 1. The first-order valence-electron chi connectivity index (χ1n) is 7.82. The lowest BCUT2D eigenvalue weighted by Gasteiger charge is -2.32. The number of carboxylic acid groups (broad SMARTS) is 1. The van der Waals surface area contributed by atoms with E-state index in [9.17, 15) is 14.7 Å². The van der Waals surface area contributed by atoms with Crippen LogP contribution in [0.25, 0.3) is 10.6 Å². The van der Waals surface area contributed by atoms with E-state index < -0.39 is 11.4 Å². The molecule has 0 bridgehead atoms. The third-order valence-corrected chi connectivity index (χ3v) is 5.54. The van der Waals surface area contributed by atoms with Crippen LogP contribution >= 0.6 is 22.9 Å². The van der Waals surface area contributed by atoms with E-state index in [-0.39, 0.29) is 18.1 Å². The Hall–Kier alpha value is -1.96. The molecule has 0 atom stereocenters. The van der Waals surface area contributed by atoms with Gasteiger partial charge in [0.25, 0.3) is 5.91 Å². The number of carbonyl (C=O) groups is 2. The minimum absolute atomic E-state index is 0.0590. The SMILES string of the molecule is O=C(NCC1(C(=O)O)CCOCC1)c1csc(-c2ccccc2Cl)n1. The van der Waals surface area contributed by atoms with E-state index in [1.165, 1.54) is 11.3 Å². The molecular weight excluding hydrogens is 364 g/mol. The number of nitrogens with one attached hydrogen (secondary N) is 1. The molecule has 6 nitrogen and oxygen atoms in total. The quantitative estimate of drug-likeness (QED) is 0.832. The van der Waals surface area contributed by atoms with Crippen molar-refractivity contribution >= 4 is 34.8 Å². The molecule has 2 heterocycles. The van der Waals surface area contributed by atoms with Crippen molar-refractivity contribution in [2.45, 2.75) is 12.8 Å². The molecule has 2 N–H and O–H groups in total. The van der Waals surface area contributed by atoms with Gasteiger partial charge in [0.1, 0.15) is 10.7 Å². The van der Waals surface area contributed by atoms with E-state index in [0.717, 1.165) is 5.56 Å². The summed E-state index contributed by atoms with van der Waals surface area (Å²) in [5.41, 5.74) is 0.0438. The number of benzene rings is 1. The first-order chi connectivity index (χ1) is 12.0. The summed E-state index contributed by atoms with van der Waals surface area (Å²) in [6.45, 7) is 0.828. The zero-order valence-electron chi connectivity index (χ0n) is 13.3. The van der Waals surface area contributed by atoms with Gasteiger partial charge in [-0.25, -0.2) is 4.98 Å². The number of ether oxygens (including phenoxy) is 1. The summed E-state index contributed by atoms with van der Waals surface area (Å²) >= 11 is 7.47. The fourth-order valence-corrected chi connectivity index (χ4v) is 3.83. The van der Waals surface area contributed by atoms with E-state index in [2.05, 4.69) is 10.3 Å². The summed E-state index contributed by atoms with van der Waals surface area (Å²) in [5.74, 6) is -1.30. The summed E-state index contributed by atoms with van der Waals surface area (Å²) < 4.78 is 5.23. The van der Waals surface area contributed by atoms with Gasteiger partial charge in [-0.15, -0.1) is 11.3 Å². The first-order valence-corrected chi connectivity index (χ1v) is 9.07. The molecule has 0 unspecified atom stereocenters. The molecule has 3 rings (SSSR count). The first kappa shape index (κ1) is 17.8. The maximum Gasteiger partial charge on any atom is 0.311 e. The lowest BCUT2D eigenvalue weighted by atomic mass is 9.80. The maximum atomic E-state index is 12.4. The Kier molecular flexibility index (Phi) is 5.36. The normalized spacial score (nSPS) is 16.4. The molecule has 8 heteroatoms. The predicted octanol–water partition coefficient (Wildman–Crippen LogP) is 3.07. The van der Waals surface area contributed by atoms with Gasteiger partial charge in [0, 0.05) is 30.7 Å². The number of aliphatic carboxylic acids is 1. The van der Waals surface area contributed by atoms with Crippen molar-refractivity contribution in [1.29, 1.82) is 0 Å². The van der Waals surface area contributed by atoms with Crippen molar-refractivity contribution in [3.8, 4) is 10.6 Å². The van der Waals surface area contributed by atoms with Gasteiger partial charge in [-0.3, -0.25) is 9.59 Å². The number of nitrogens with zero attached hydrogens (tertiary/aromatic N) is 1. The molecule has 0 spiro atoms. The van der Waals surface area contributed by atoms with Gasteiger partial charge in [0.05, 0.1) is 10.4 Å². The van der Waals surface area contributed by atoms with Crippen LogP contribution in [0.3, 0.4) is 0 Å². The number of aromatic nitrogens is 1. The monoisotopic (exact) mass is 380 g/mol. The van der Waals surface area contributed by atoms with Crippen molar-refractivity contribution < 1.29 is 19.4 Å². The summed E-state index contributed by atoms with van der Waals surface area (Å²) in [5, 5.41) is 15.1. The van der Waals surface area contributed by atoms with Gasteiger partial charge >= 0.3 is 5.97 Å². The van der Waals surface area contributed by atoms with Gasteiger partial charge < -0.3 is 15.2 Å². The van der Waals surface area contributed by atoms with Crippen LogP contribution in [0, 0.1) is 5.41 Å². The second-order valence-corrected chi connectivity index (χ2v) is 7.16. The van der Waals surface area contributed by atoms with Gasteiger partial charge in [0.2, 0.25) is 0 Å². The van der Waals surface area contributed by atoms with Crippen molar-refractivity contribution in [3.63, 3.8) is 0 Å². The van der Waals surface area contributed by atoms with Gasteiger partial charge in [0.15, 0.2) is 0 Å². The van der Waals surface area contributed by atoms with E-state index in [0.29, 0.717) is 36.1 Å². The van der Waals surface area contributed by atoms with Crippen LogP contribution in [0.1, 0.15) is 23.3 Å². The average molecular weight is 381 g/mol. The molecule has 1 aromatic carbocycles.